The Hall–Kier alpha value is -0.900. The van der Waals surface area contributed by atoms with Gasteiger partial charge in [0.05, 0.1) is 17.6 Å². The molecule has 118 valence electrons. The third-order valence-corrected chi connectivity index (χ3v) is 6.12. The maximum atomic E-state index is 12.7. The van der Waals surface area contributed by atoms with Crippen molar-refractivity contribution in [2.24, 2.45) is 11.3 Å². The Labute approximate surface area is 126 Å². The summed E-state index contributed by atoms with van der Waals surface area (Å²) in [6, 6.07) is 0. The Balaban J connectivity index is 1.67. The molecule has 0 radical (unpaired) electrons. The molecule has 3 rings (SSSR count). The van der Waals surface area contributed by atoms with Crippen LogP contribution in [0.4, 0.5) is 0 Å². The predicted octanol–water partition coefficient (Wildman–Crippen LogP) is 2.64. The van der Waals surface area contributed by atoms with Gasteiger partial charge in [-0.3, -0.25) is 14.5 Å². The maximum Gasteiger partial charge on any atom is 0.236 e. The van der Waals surface area contributed by atoms with Crippen molar-refractivity contribution in [2.45, 2.75) is 76.7 Å². The molecular weight excluding hydrogens is 266 g/mol. The molecule has 1 saturated heterocycles. The summed E-state index contributed by atoms with van der Waals surface area (Å²) in [5.41, 5.74) is -1.25. The zero-order valence-corrected chi connectivity index (χ0v) is 13.1. The van der Waals surface area contributed by atoms with Crippen LogP contribution < -0.4 is 0 Å². The number of aliphatic hydroxyl groups is 1. The first-order valence-corrected chi connectivity index (χ1v) is 8.55. The number of carbonyl (C=O) groups excluding carboxylic acids is 2. The van der Waals surface area contributed by atoms with E-state index in [0.717, 1.165) is 57.8 Å². The number of likely N-dealkylation sites (tertiary alicyclic amines) is 1. The molecule has 0 aromatic heterocycles. The van der Waals surface area contributed by atoms with E-state index in [-0.39, 0.29) is 18.4 Å². The number of carbonyl (C=O) groups is 2. The van der Waals surface area contributed by atoms with Crippen LogP contribution >= 0.6 is 0 Å². The van der Waals surface area contributed by atoms with Gasteiger partial charge in [0, 0.05) is 6.42 Å². The minimum Gasteiger partial charge on any atom is -0.388 e. The molecule has 1 N–H and O–H groups in total. The highest BCUT2D eigenvalue weighted by molar-refractivity contribution is 6.06. The van der Waals surface area contributed by atoms with E-state index < -0.39 is 11.0 Å². The Morgan fingerprint density at radius 2 is 1.76 bits per heavy atom. The molecule has 0 unspecified atom stereocenters. The number of hydrogen-bond acceptors (Lipinski definition) is 3. The van der Waals surface area contributed by atoms with Gasteiger partial charge in [-0.15, -0.1) is 0 Å². The van der Waals surface area contributed by atoms with Crippen molar-refractivity contribution in [1.82, 2.24) is 4.90 Å². The van der Waals surface area contributed by atoms with E-state index in [4.69, 9.17) is 0 Å². The van der Waals surface area contributed by atoms with Gasteiger partial charge in [0.15, 0.2) is 0 Å². The molecule has 0 aromatic carbocycles. The first-order chi connectivity index (χ1) is 9.98. The van der Waals surface area contributed by atoms with E-state index in [1.807, 2.05) is 0 Å². The third-order valence-electron chi connectivity index (χ3n) is 6.12. The summed E-state index contributed by atoms with van der Waals surface area (Å²) in [4.78, 5) is 26.3. The summed E-state index contributed by atoms with van der Waals surface area (Å²) >= 11 is 0. The van der Waals surface area contributed by atoms with Crippen LogP contribution in [0.3, 0.4) is 0 Å². The second kappa shape index (κ2) is 5.38. The van der Waals surface area contributed by atoms with Gasteiger partial charge in [0.25, 0.3) is 0 Å². The van der Waals surface area contributed by atoms with Crippen LogP contribution in [0.25, 0.3) is 0 Å². The molecule has 1 spiro atoms. The zero-order chi connectivity index (χ0) is 15.1. The molecule has 3 fully saturated rings. The van der Waals surface area contributed by atoms with Crippen molar-refractivity contribution >= 4 is 11.8 Å². The van der Waals surface area contributed by atoms with Crippen molar-refractivity contribution < 1.29 is 14.7 Å². The van der Waals surface area contributed by atoms with Gasteiger partial charge in [-0.25, -0.2) is 0 Å². The quantitative estimate of drug-likeness (QED) is 0.814. The topological polar surface area (TPSA) is 57.6 Å². The standard InChI is InChI=1S/C17H27NO3/c1-2-13-5-9-17(21,10-6-13)12-18-14(19)11-16(15(18)20)7-3-4-8-16/h13,21H,2-12H2,1H3. The number of amides is 2. The van der Waals surface area contributed by atoms with Crippen LogP contribution in [0.1, 0.15) is 71.1 Å². The van der Waals surface area contributed by atoms with Crippen LogP contribution in [0.15, 0.2) is 0 Å². The lowest BCUT2D eigenvalue weighted by Crippen LogP contribution is -2.48. The van der Waals surface area contributed by atoms with E-state index >= 15 is 0 Å². The van der Waals surface area contributed by atoms with Crippen molar-refractivity contribution in [3.8, 4) is 0 Å². The monoisotopic (exact) mass is 293 g/mol. The van der Waals surface area contributed by atoms with Crippen LogP contribution in [0.5, 0.6) is 0 Å². The highest BCUT2D eigenvalue weighted by Gasteiger charge is 2.54. The molecular formula is C17H27NO3. The number of rotatable bonds is 3. The van der Waals surface area contributed by atoms with E-state index in [9.17, 15) is 14.7 Å². The summed E-state index contributed by atoms with van der Waals surface area (Å²) in [6.07, 6.45) is 8.79. The van der Waals surface area contributed by atoms with Crippen LogP contribution in [0, 0.1) is 11.3 Å². The molecule has 21 heavy (non-hydrogen) atoms. The lowest BCUT2D eigenvalue weighted by atomic mass is 9.77. The molecule has 4 nitrogen and oxygen atoms in total. The van der Waals surface area contributed by atoms with Crippen LogP contribution in [-0.2, 0) is 9.59 Å². The molecule has 1 heterocycles. The highest BCUT2D eigenvalue weighted by atomic mass is 16.3. The Morgan fingerprint density at radius 1 is 1.14 bits per heavy atom. The summed E-state index contributed by atoms with van der Waals surface area (Å²) in [6.45, 7) is 2.41. The normalized spacial score (nSPS) is 35.9. The molecule has 0 aromatic rings. The molecule has 0 atom stereocenters. The molecule has 2 amide bonds. The van der Waals surface area contributed by atoms with Crippen molar-refractivity contribution in [3.63, 3.8) is 0 Å². The van der Waals surface area contributed by atoms with Gasteiger partial charge in [-0.2, -0.15) is 0 Å². The van der Waals surface area contributed by atoms with Crippen molar-refractivity contribution in [3.05, 3.63) is 0 Å². The third kappa shape index (κ3) is 2.63. The summed E-state index contributed by atoms with van der Waals surface area (Å²) in [7, 11) is 0. The first kappa shape index (κ1) is 15.0. The Bertz CT molecular complexity index is 431. The fraction of sp³-hybridized carbons (Fsp3) is 0.882. The SMILES string of the molecule is CCC1CCC(O)(CN2C(=O)CC3(CCCC3)C2=O)CC1. The summed E-state index contributed by atoms with van der Waals surface area (Å²) in [5, 5.41) is 10.8. The molecule has 2 saturated carbocycles. The molecule has 3 aliphatic rings. The van der Waals surface area contributed by atoms with Crippen molar-refractivity contribution in [2.75, 3.05) is 6.54 Å². The average Bonchev–Trinajstić information content (AvgIpc) is 3.02. The van der Waals surface area contributed by atoms with Gasteiger partial charge in [0.1, 0.15) is 0 Å². The largest absolute Gasteiger partial charge is 0.388 e. The van der Waals surface area contributed by atoms with E-state index in [1.54, 1.807) is 0 Å². The molecule has 1 aliphatic heterocycles. The van der Waals surface area contributed by atoms with Crippen molar-refractivity contribution in [1.29, 1.82) is 0 Å². The van der Waals surface area contributed by atoms with E-state index in [1.165, 1.54) is 4.90 Å². The average molecular weight is 293 g/mol. The Morgan fingerprint density at radius 3 is 2.33 bits per heavy atom. The second-order valence-electron chi connectivity index (χ2n) is 7.53. The minimum absolute atomic E-state index is 0.00367. The molecule has 0 bridgehead atoms. The first-order valence-electron chi connectivity index (χ1n) is 8.55. The minimum atomic E-state index is -0.846. The fourth-order valence-electron chi connectivity index (χ4n) is 4.54. The van der Waals surface area contributed by atoms with E-state index in [0.29, 0.717) is 12.3 Å². The summed E-state index contributed by atoms with van der Waals surface area (Å²) in [5.74, 6) is 0.625. The fourth-order valence-corrected chi connectivity index (χ4v) is 4.54. The molecule has 4 heteroatoms. The predicted molar refractivity (Wildman–Crippen MR) is 79.4 cm³/mol. The maximum absolute atomic E-state index is 12.7. The number of imide groups is 1. The Kier molecular flexibility index (Phi) is 3.85. The number of nitrogens with zero attached hydrogens (tertiary/aromatic N) is 1. The van der Waals surface area contributed by atoms with Gasteiger partial charge >= 0.3 is 0 Å². The molecule has 2 aliphatic carbocycles. The summed E-state index contributed by atoms with van der Waals surface area (Å²) < 4.78 is 0. The number of β-amino-alcohol motifs (C(OH)–C–C–N with tert-alkyl or cyclic N) is 1. The zero-order valence-electron chi connectivity index (χ0n) is 13.1. The smallest absolute Gasteiger partial charge is 0.236 e. The van der Waals surface area contributed by atoms with Gasteiger partial charge in [0.2, 0.25) is 11.8 Å². The van der Waals surface area contributed by atoms with Crippen LogP contribution in [0.2, 0.25) is 0 Å². The van der Waals surface area contributed by atoms with Gasteiger partial charge in [-0.1, -0.05) is 26.2 Å². The van der Waals surface area contributed by atoms with Gasteiger partial charge in [-0.05, 0) is 44.4 Å². The second-order valence-corrected chi connectivity index (χ2v) is 7.53. The lowest BCUT2D eigenvalue weighted by molar-refractivity contribution is -0.146. The van der Waals surface area contributed by atoms with E-state index in [2.05, 4.69) is 6.92 Å². The lowest BCUT2D eigenvalue weighted by Gasteiger charge is -2.38. The van der Waals surface area contributed by atoms with Crippen LogP contribution in [-0.4, -0.2) is 34.0 Å². The number of hydrogen-bond donors (Lipinski definition) is 1. The van der Waals surface area contributed by atoms with Gasteiger partial charge < -0.3 is 5.11 Å². The highest BCUT2D eigenvalue weighted by Crippen LogP contribution is 2.47.